The van der Waals surface area contributed by atoms with E-state index in [0.717, 1.165) is 22.3 Å². The third-order valence-electron chi connectivity index (χ3n) is 8.28. The molecule has 0 bridgehead atoms. The number of benzene rings is 2. The lowest BCUT2D eigenvalue weighted by Gasteiger charge is -2.28. The number of esters is 2. The van der Waals surface area contributed by atoms with Crippen molar-refractivity contribution in [1.29, 1.82) is 0 Å². The standard InChI is InChI=1S/C36H49N5O7/c1-35(2,3)47-20-29(32(42)43)41-21-39-40-31(41)26(30(38)34(45)48-36(4,5)6)17-11-12-18-28(37)33(44)46-19-27-24-15-9-7-13-22(24)23-14-8-10-16-25(23)27/h7-10,13-16,21,26-30H,11-12,17-20,37-38H2,1-6H3,(H,42,43)/t26?,28?,29-,30?/m0/s1. The SMILES string of the molecule is CC(C)(C)OC[C@@H](C(=O)O)n1cnnc1C(CCCCC(N)C(=O)OCC1c2ccccc2-c2ccccc21)C(N)C(=O)OC(C)(C)C. The Morgan fingerprint density at radius 2 is 1.46 bits per heavy atom. The van der Waals surface area contributed by atoms with Crippen LogP contribution in [0.2, 0.25) is 0 Å². The number of carbonyl (C=O) groups excluding carboxylic acids is 2. The molecule has 0 saturated heterocycles. The van der Waals surface area contributed by atoms with Crippen LogP contribution in [-0.4, -0.2) is 74.3 Å². The summed E-state index contributed by atoms with van der Waals surface area (Å²) in [5.41, 5.74) is 15.9. The number of nitrogens with two attached hydrogens (primary N) is 2. The van der Waals surface area contributed by atoms with Gasteiger partial charge in [-0.3, -0.25) is 9.59 Å². The number of hydrogen-bond acceptors (Lipinski definition) is 10. The number of carbonyl (C=O) groups is 3. The van der Waals surface area contributed by atoms with Crippen LogP contribution in [0.25, 0.3) is 11.1 Å². The number of fused-ring (bicyclic) bond motifs is 3. The van der Waals surface area contributed by atoms with Gasteiger partial charge < -0.3 is 35.4 Å². The molecule has 3 unspecified atom stereocenters. The summed E-state index contributed by atoms with van der Waals surface area (Å²) in [7, 11) is 0. The van der Waals surface area contributed by atoms with Gasteiger partial charge >= 0.3 is 17.9 Å². The second-order valence-electron chi connectivity index (χ2n) is 14.3. The smallest absolute Gasteiger partial charge is 0.329 e. The van der Waals surface area contributed by atoms with Crippen LogP contribution in [0, 0.1) is 0 Å². The van der Waals surface area contributed by atoms with Crippen LogP contribution in [0.15, 0.2) is 54.9 Å². The fourth-order valence-corrected chi connectivity index (χ4v) is 5.92. The molecule has 4 rings (SSSR count). The second-order valence-corrected chi connectivity index (χ2v) is 14.3. The molecule has 1 heterocycles. The number of rotatable bonds is 15. The van der Waals surface area contributed by atoms with Crippen molar-refractivity contribution in [1.82, 2.24) is 14.8 Å². The maximum Gasteiger partial charge on any atom is 0.329 e. The lowest BCUT2D eigenvalue weighted by molar-refractivity contribution is -0.157. The predicted octanol–water partition coefficient (Wildman–Crippen LogP) is 4.71. The number of carboxylic acids is 1. The monoisotopic (exact) mass is 663 g/mol. The third kappa shape index (κ3) is 9.27. The first-order chi connectivity index (χ1) is 22.6. The van der Waals surface area contributed by atoms with Crippen molar-refractivity contribution >= 4 is 17.9 Å². The van der Waals surface area contributed by atoms with Crippen LogP contribution in [0.1, 0.15) is 102 Å². The highest BCUT2D eigenvalue weighted by molar-refractivity contribution is 5.80. The Balaban J connectivity index is 1.40. The molecular formula is C36H49N5O7. The summed E-state index contributed by atoms with van der Waals surface area (Å²) >= 11 is 0. The Morgan fingerprint density at radius 3 is 2.02 bits per heavy atom. The topological polar surface area (TPSA) is 182 Å². The highest BCUT2D eigenvalue weighted by Crippen LogP contribution is 2.44. The average Bonchev–Trinajstić information content (AvgIpc) is 3.61. The van der Waals surface area contributed by atoms with Gasteiger partial charge in [0, 0.05) is 11.8 Å². The number of nitrogens with zero attached hydrogens (tertiary/aromatic N) is 3. The molecule has 4 atom stereocenters. The number of carboxylic acid groups (broad SMARTS) is 1. The molecule has 12 heteroatoms. The molecule has 1 aromatic heterocycles. The van der Waals surface area contributed by atoms with E-state index in [2.05, 4.69) is 34.5 Å². The zero-order valence-corrected chi connectivity index (χ0v) is 28.7. The fraction of sp³-hybridized carbons (Fsp3) is 0.528. The Bertz CT molecular complexity index is 1530. The fourth-order valence-electron chi connectivity index (χ4n) is 5.92. The minimum absolute atomic E-state index is 0.0653. The van der Waals surface area contributed by atoms with E-state index in [1.54, 1.807) is 20.8 Å². The van der Waals surface area contributed by atoms with Gasteiger partial charge in [-0.05, 0) is 76.6 Å². The minimum Gasteiger partial charge on any atom is -0.480 e. The Morgan fingerprint density at radius 1 is 0.875 bits per heavy atom. The van der Waals surface area contributed by atoms with Crippen molar-refractivity contribution in [2.75, 3.05) is 13.2 Å². The van der Waals surface area contributed by atoms with Gasteiger partial charge in [0.15, 0.2) is 6.04 Å². The minimum atomic E-state index is -1.15. The van der Waals surface area contributed by atoms with E-state index in [9.17, 15) is 19.5 Å². The Hall–Kier alpha value is -4.13. The highest BCUT2D eigenvalue weighted by Gasteiger charge is 2.36. The maximum atomic E-state index is 13.1. The van der Waals surface area contributed by atoms with Gasteiger partial charge in [0.1, 0.15) is 36.4 Å². The van der Waals surface area contributed by atoms with E-state index < -0.39 is 53.2 Å². The summed E-state index contributed by atoms with van der Waals surface area (Å²) in [6.45, 7) is 10.7. The van der Waals surface area contributed by atoms with Gasteiger partial charge in [-0.1, -0.05) is 61.4 Å². The van der Waals surface area contributed by atoms with E-state index in [1.807, 2.05) is 45.0 Å². The number of hydrogen-bond donors (Lipinski definition) is 3. The first kappa shape index (κ1) is 36.7. The summed E-state index contributed by atoms with van der Waals surface area (Å²) < 4.78 is 18.5. The van der Waals surface area contributed by atoms with Gasteiger partial charge in [0.05, 0.1) is 12.2 Å². The molecule has 1 aliphatic rings. The molecule has 0 aliphatic heterocycles. The number of aliphatic carboxylic acids is 1. The predicted molar refractivity (Wildman–Crippen MR) is 180 cm³/mol. The summed E-state index contributed by atoms with van der Waals surface area (Å²) in [4.78, 5) is 38.4. The lowest BCUT2D eigenvalue weighted by Crippen LogP contribution is -2.43. The molecule has 12 nitrogen and oxygen atoms in total. The first-order valence-electron chi connectivity index (χ1n) is 16.4. The molecule has 0 radical (unpaired) electrons. The van der Waals surface area contributed by atoms with Crippen molar-refractivity contribution < 1.29 is 33.7 Å². The number of unbranched alkanes of at least 4 members (excludes halogenated alkanes) is 1. The highest BCUT2D eigenvalue weighted by atomic mass is 16.6. The van der Waals surface area contributed by atoms with Crippen LogP contribution >= 0.6 is 0 Å². The summed E-state index contributed by atoms with van der Waals surface area (Å²) in [6.07, 6.45) is 3.01. The van der Waals surface area contributed by atoms with Crippen LogP contribution in [-0.2, 0) is 28.6 Å². The summed E-state index contributed by atoms with van der Waals surface area (Å²) in [6, 6.07) is 13.1. The normalized spacial score (nSPS) is 15.6. The molecule has 0 saturated carbocycles. The molecule has 0 spiro atoms. The van der Waals surface area contributed by atoms with E-state index in [0.29, 0.717) is 25.7 Å². The Kier molecular flexibility index (Phi) is 11.8. The van der Waals surface area contributed by atoms with E-state index in [1.165, 1.54) is 10.9 Å². The molecule has 2 aromatic carbocycles. The second kappa shape index (κ2) is 15.4. The van der Waals surface area contributed by atoms with Crippen molar-refractivity contribution in [2.45, 2.75) is 108 Å². The molecule has 5 N–H and O–H groups in total. The molecular weight excluding hydrogens is 614 g/mol. The van der Waals surface area contributed by atoms with Gasteiger partial charge in [0.25, 0.3) is 0 Å². The van der Waals surface area contributed by atoms with Crippen LogP contribution in [0.5, 0.6) is 0 Å². The molecule has 0 amide bonds. The quantitative estimate of drug-likeness (QED) is 0.151. The average molecular weight is 664 g/mol. The van der Waals surface area contributed by atoms with E-state index in [4.69, 9.17) is 25.7 Å². The maximum absolute atomic E-state index is 13.1. The molecule has 1 aliphatic carbocycles. The zero-order chi connectivity index (χ0) is 35.2. The van der Waals surface area contributed by atoms with E-state index in [-0.39, 0.29) is 25.0 Å². The van der Waals surface area contributed by atoms with Gasteiger partial charge in [0.2, 0.25) is 0 Å². The van der Waals surface area contributed by atoms with E-state index >= 15 is 0 Å². The van der Waals surface area contributed by atoms with Crippen molar-refractivity contribution in [2.24, 2.45) is 11.5 Å². The molecule has 260 valence electrons. The zero-order valence-electron chi connectivity index (χ0n) is 28.7. The molecule has 3 aromatic rings. The van der Waals surface area contributed by atoms with Gasteiger partial charge in [-0.15, -0.1) is 10.2 Å². The largest absolute Gasteiger partial charge is 0.480 e. The van der Waals surface area contributed by atoms with Gasteiger partial charge in [-0.25, -0.2) is 4.79 Å². The van der Waals surface area contributed by atoms with Crippen LogP contribution in [0.3, 0.4) is 0 Å². The van der Waals surface area contributed by atoms with Gasteiger partial charge in [-0.2, -0.15) is 0 Å². The lowest BCUT2D eigenvalue weighted by atomic mass is 9.91. The van der Waals surface area contributed by atoms with Crippen LogP contribution < -0.4 is 11.5 Å². The van der Waals surface area contributed by atoms with Crippen molar-refractivity contribution in [3.63, 3.8) is 0 Å². The summed E-state index contributed by atoms with van der Waals surface area (Å²) in [5.74, 6) is -2.83. The molecule has 0 fully saturated rings. The van der Waals surface area contributed by atoms with Crippen molar-refractivity contribution in [3.8, 4) is 11.1 Å². The first-order valence-corrected chi connectivity index (χ1v) is 16.4. The van der Waals surface area contributed by atoms with Crippen molar-refractivity contribution in [3.05, 3.63) is 71.8 Å². The van der Waals surface area contributed by atoms with Crippen LogP contribution in [0.4, 0.5) is 0 Å². The number of ether oxygens (including phenoxy) is 3. The summed E-state index contributed by atoms with van der Waals surface area (Å²) in [5, 5.41) is 18.2. The number of aromatic nitrogens is 3. The third-order valence-corrected chi connectivity index (χ3v) is 8.28. The Labute approximate surface area is 282 Å². The molecule has 48 heavy (non-hydrogen) atoms.